The van der Waals surface area contributed by atoms with Crippen LogP contribution >= 0.6 is 0 Å². The highest BCUT2D eigenvalue weighted by atomic mass is 15.1. The van der Waals surface area contributed by atoms with Crippen molar-refractivity contribution in [3.8, 4) is 66.8 Å². The van der Waals surface area contributed by atoms with Crippen molar-refractivity contribution in [1.82, 2.24) is 0 Å². The minimum atomic E-state index is -0.727. The fraction of sp³-hybridized carbons (Fsp3) is 0.0270. The smallest absolute Gasteiger partial charge is 0.0726 e. The van der Waals surface area contributed by atoms with Gasteiger partial charge in [0.2, 0.25) is 0 Å². The van der Waals surface area contributed by atoms with Crippen molar-refractivity contribution < 1.29 is 0 Å². The highest BCUT2D eigenvalue weighted by Crippen LogP contribution is 2.69. The molecule has 0 heterocycles. The first-order valence-corrected chi connectivity index (χ1v) is 26.2. The predicted molar refractivity (Wildman–Crippen MR) is 311 cm³/mol. The number of anilines is 3. The summed E-state index contributed by atoms with van der Waals surface area (Å²) in [6.07, 6.45) is 0. The quantitative estimate of drug-likeness (QED) is 0.147. The standard InChI is InChI=1S/C74H49N/c1-6-22-50(23-7-1)53-38-43-58(44-39-53)75(59-45-40-54(41-46-59)51-24-8-2-9-25-51)72-70-62-34-18-21-37-66(62)74(64-35-19-16-32-60(64)61-33-17-20-36-65(61)74)69(70)49-68-71(72)63-47-42-55(52-26-10-3-11-27-52)48-67(63)73(68,56-28-12-4-13-29-56)57-30-14-5-15-31-57/h1-49H. The van der Waals surface area contributed by atoms with Crippen LogP contribution in [0, 0.1) is 0 Å². The summed E-state index contributed by atoms with van der Waals surface area (Å²) in [5, 5.41) is 0. The molecule has 75 heavy (non-hydrogen) atoms. The van der Waals surface area contributed by atoms with Crippen molar-refractivity contribution in [3.05, 3.63) is 342 Å². The summed E-state index contributed by atoms with van der Waals surface area (Å²) >= 11 is 0. The molecule has 3 aliphatic rings. The van der Waals surface area contributed by atoms with E-state index in [1.165, 1.54) is 117 Å². The molecule has 1 nitrogen and oxygen atoms in total. The van der Waals surface area contributed by atoms with E-state index in [1.54, 1.807) is 0 Å². The Labute approximate surface area is 439 Å². The Morgan fingerprint density at radius 1 is 0.213 bits per heavy atom. The minimum Gasteiger partial charge on any atom is -0.309 e. The van der Waals surface area contributed by atoms with Gasteiger partial charge in [-0.2, -0.15) is 0 Å². The third-order valence-electron chi connectivity index (χ3n) is 16.6. The van der Waals surface area contributed by atoms with Crippen LogP contribution in [0.5, 0.6) is 0 Å². The lowest BCUT2D eigenvalue weighted by Crippen LogP contribution is -2.30. The summed E-state index contributed by atoms with van der Waals surface area (Å²) in [5.41, 5.74) is 26.9. The first-order chi connectivity index (χ1) is 37.2. The van der Waals surface area contributed by atoms with E-state index < -0.39 is 10.8 Å². The highest BCUT2D eigenvalue weighted by molar-refractivity contribution is 6.09. The molecule has 1 heteroatoms. The van der Waals surface area contributed by atoms with Crippen molar-refractivity contribution in [2.24, 2.45) is 0 Å². The fourth-order valence-electron chi connectivity index (χ4n) is 13.5. The van der Waals surface area contributed by atoms with Gasteiger partial charge in [-0.25, -0.2) is 0 Å². The largest absolute Gasteiger partial charge is 0.309 e. The van der Waals surface area contributed by atoms with E-state index in [0.29, 0.717) is 0 Å². The summed E-state index contributed by atoms with van der Waals surface area (Å²) in [6.45, 7) is 0. The monoisotopic (exact) mass is 951 g/mol. The molecule has 0 bridgehead atoms. The predicted octanol–water partition coefficient (Wildman–Crippen LogP) is 18.9. The molecule has 0 fully saturated rings. The Hall–Kier alpha value is -9.56. The van der Waals surface area contributed by atoms with Crippen LogP contribution in [0.2, 0.25) is 0 Å². The van der Waals surface area contributed by atoms with E-state index in [-0.39, 0.29) is 0 Å². The van der Waals surface area contributed by atoms with E-state index in [4.69, 9.17) is 0 Å². The van der Waals surface area contributed by atoms with E-state index in [1.807, 2.05) is 0 Å². The fourth-order valence-corrected chi connectivity index (χ4v) is 13.5. The summed E-state index contributed by atoms with van der Waals surface area (Å²) in [5.74, 6) is 0. The number of nitrogens with zero attached hydrogens (tertiary/aromatic N) is 1. The molecule has 0 aromatic heterocycles. The lowest BCUT2D eigenvalue weighted by molar-refractivity contribution is 0.753. The topological polar surface area (TPSA) is 3.24 Å². The van der Waals surface area contributed by atoms with Gasteiger partial charge in [0, 0.05) is 22.5 Å². The molecule has 0 radical (unpaired) electrons. The van der Waals surface area contributed by atoms with E-state index in [9.17, 15) is 0 Å². The molecule has 0 amide bonds. The average molecular weight is 952 g/mol. The minimum absolute atomic E-state index is 0.619. The molecule has 0 unspecified atom stereocenters. The van der Waals surface area contributed by atoms with Gasteiger partial charge < -0.3 is 4.90 Å². The van der Waals surface area contributed by atoms with Gasteiger partial charge in [-0.05, 0) is 130 Å². The molecule has 15 rings (SSSR count). The van der Waals surface area contributed by atoms with Gasteiger partial charge in [0.1, 0.15) is 0 Å². The molecule has 0 aliphatic heterocycles. The third-order valence-corrected chi connectivity index (χ3v) is 16.6. The van der Waals surface area contributed by atoms with Gasteiger partial charge in [0.15, 0.2) is 0 Å². The van der Waals surface area contributed by atoms with Crippen LogP contribution in [0.25, 0.3) is 66.8 Å². The maximum atomic E-state index is 2.67. The van der Waals surface area contributed by atoms with Crippen molar-refractivity contribution in [2.45, 2.75) is 10.8 Å². The first kappa shape index (κ1) is 43.1. The molecule has 12 aromatic carbocycles. The second-order valence-electron chi connectivity index (χ2n) is 20.2. The van der Waals surface area contributed by atoms with Crippen molar-refractivity contribution >= 4 is 17.1 Å². The summed E-state index contributed by atoms with van der Waals surface area (Å²) in [7, 11) is 0. The van der Waals surface area contributed by atoms with Crippen LogP contribution in [0.3, 0.4) is 0 Å². The first-order valence-electron chi connectivity index (χ1n) is 26.2. The number of hydrogen-bond donors (Lipinski definition) is 0. The average Bonchev–Trinajstić information content (AvgIpc) is 4.09. The Kier molecular flexibility index (Phi) is 9.77. The molecule has 12 aromatic rings. The van der Waals surface area contributed by atoms with Gasteiger partial charge in [0.05, 0.1) is 16.5 Å². The zero-order valence-electron chi connectivity index (χ0n) is 41.2. The number of fused-ring (bicyclic) bond motifs is 13. The summed E-state index contributed by atoms with van der Waals surface area (Å²) < 4.78 is 0. The lowest BCUT2D eigenvalue weighted by atomic mass is 9.65. The third kappa shape index (κ3) is 6.25. The molecule has 0 atom stereocenters. The van der Waals surface area contributed by atoms with Crippen molar-refractivity contribution in [3.63, 3.8) is 0 Å². The number of hydrogen-bond acceptors (Lipinski definition) is 1. The van der Waals surface area contributed by atoms with Gasteiger partial charge in [-0.3, -0.25) is 0 Å². The maximum Gasteiger partial charge on any atom is 0.0726 e. The lowest BCUT2D eigenvalue weighted by Gasteiger charge is -2.37. The Morgan fingerprint density at radius 3 is 1.01 bits per heavy atom. The van der Waals surface area contributed by atoms with Crippen LogP contribution < -0.4 is 4.90 Å². The highest BCUT2D eigenvalue weighted by Gasteiger charge is 2.56. The van der Waals surface area contributed by atoms with E-state index in [2.05, 4.69) is 302 Å². The zero-order chi connectivity index (χ0) is 49.5. The molecular formula is C74H49N. The SMILES string of the molecule is c1ccc(-c2ccc(N(c3ccc(-c4ccccc4)cc3)c3c4c(cc5c3-c3ccccc3C53c5ccccc5-c5ccccc53)C(c3ccccc3)(c3ccccc3)c3cc(-c5ccccc5)ccc3-4)cc2)cc1. The molecular weight excluding hydrogens is 903 g/mol. The van der Waals surface area contributed by atoms with Gasteiger partial charge >= 0.3 is 0 Å². The molecule has 0 N–H and O–H groups in total. The second-order valence-corrected chi connectivity index (χ2v) is 20.2. The van der Waals surface area contributed by atoms with Gasteiger partial charge in [-0.15, -0.1) is 0 Å². The van der Waals surface area contributed by atoms with Crippen molar-refractivity contribution in [1.29, 1.82) is 0 Å². The second kappa shape index (κ2) is 17.0. The Balaban J connectivity index is 1.14. The van der Waals surface area contributed by atoms with Gasteiger partial charge in [0.25, 0.3) is 0 Å². The van der Waals surface area contributed by atoms with Crippen molar-refractivity contribution in [2.75, 3.05) is 4.90 Å². The number of rotatable bonds is 8. The van der Waals surface area contributed by atoms with Gasteiger partial charge in [-0.1, -0.05) is 267 Å². The van der Waals surface area contributed by atoms with Crippen LogP contribution in [0.1, 0.15) is 44.5 Å². The van der Waals surface area contributed by atoms with Crippen LogP contribution in [0.4, 0.5) is 17.1 Å². The molecule has 350 valence electrons. The summed E-state index contributed by atoms with van der Waals surface area (Å²) in [6, 6.07) is 111. The molecule has 0 saturated heterocycles. The van der Waals surface area contributed by atoms with Crippen LogP contribution in [0.15, 0.2) is 297 Å². The molecule has 0 saturated carbocycles. The van der Waals surface area contributed by atoms with Crippen LogP contribution in [-0.4, -0.2) is 0 Å². The molecule has 1 spiro atoms. The number of benzene rings is 12. The molecule has 3 aliphatic carbocycles. The van der Waals surface area contributed by atoms with E-state index in [0.717, 1.165) is 11.4 Å². The van der Waals surface area contributed by atoms with E-state index >= 15 is 0 Å². The zero-order valence-corrected chi connectivity index (χ0v) is 41.2. The Morgan fingerprint density at radius 2 is 0.547 bits per heavy atom. The maximum absolute atomic E-state index is 2.67. The Bertz CT molecular complexity index is 3960. The summed E-state index contributed by atoms with van der Waals surface area (Å²) in [4.78, 5) is 2.60. The normalized spacial score (nSPS) is 13.5. The van der Waals surface area contributed by atoms with Crippen LogP contribution in [-0.2, 0) is 10.8 Å².